The molecule has 0 heterocycles. The van der Waals surface area contributed by atoms with Crippen molar-refractivity contribution in [3.8, 4) is 0 Å². The minimum atomic E-state index is 0.0628. The van der Waals surface area contributed by atoms with Crippen LogP contribution in [0.4, 0.5) is 0 Å². The molecule has 0 aliphatic rings. The first-order valence-electron chi connectivity index (χ1n) is 6.43. The van der Waals surface area contributed by atoms with E-state index in [1.54, 1.807) is 11.8 Å². The van der Waals surface area contributed by atoms with Crippen molar-refractivity contribution in [3.05, 3.63) is 65.2 Å². The van der Waals surface area contributed by atoms with Gasteiger partial charge in [-0.1, -0.05) is 41.9 Å². The molecular formula is C16H16ClNOS. The number of halogens is 1. The summed E-state index contributed by atoms with van der Waals surface area (Å²) < 4.78 is 0. The predicted octanol–water partition coefficient (Wildman–Crippen LogP) is 3.79. The van der Waals surface area contributed by atoms with Crippen LogP contribution in [0, 0.1) is 0 Å². The Hall–Kier alpha value is -1.45. The smallest absolute Gasteiger partial charge is 0.230 e. The average molecular weight is 306 g/mol. The van der Waals surface area contributed by atoms with Crippen molar-refractivity contribution < 1.29 is 4.79 Å². The number of thioether (sulfide) groups is 1. The molecule has 1 amide bonds. The number of benzene rings is 2. The molecule has 0 spiro atoms. The van der Waals surface area contributed by atoms with Crippen LogP contribution in [-0.4, -0.2) is 18.2 Å². The molecule has 0 saturated heterocycles. The summed E-state index contributed by atoms with van der Waals surface area (Å²) in [4.78, 5) is 12.8. The number of hydrogen-bond donors (Lipinski definition) is 1. The van der Waals surface area contributed by atoms with E-state index in [0.717, 1.165) is 16.3 Å². The third-order valence-electron chi connectivity index (χ3n) is 2.76. The minimum absolute atomic E-state index is 0.0628. The van der Waals surface area contributed by atoms with E-state index in [1.165, 1.54) is 5.56 Å². The molecule has 2 rings (SSSR count). The van der Waals surface area contributed by atoms with E-state index in [2.05, 4.69) is 5.32 Å². The molecule has 0 aromatic heterocycles. The molecule has 0 radical (unpaired) electrons. The quantitative estimate of drug-likeness (QED) is 0.823. The largest absolute Gasteiger partial charge is 0.355 e. The van der Waals surface area contributed by atoms with Gasteiger partial charge in [-0.2, -0.15) is 0 Å². The monoisotopic (exact) mass is 305 g/mol. The maximum atomic E-state index is 11.7. The zero-order chi connectivity index (χ0) is 14.2. The van der Waals surface area contributed by atoms with E-state index in [-0.39, 0.29) is 5.91 Å². The molecular weight excluding hydrogens is 290 g/mol. The Morgan fingerprint density at radius 3 is 2.45 bits per heavy atom. The normalized spacial score (nSPS) is 10.2. The predicted molar refractivity (Wildman–Crippen MR) is 85.3 cm³/mol. The van der Waals surface area contributed by atoms with Crippen LogP contribution >= 0.6 is 23.4 Å². The highest BCUT2D eigenvalue weighted by atomic mass is 35.5. The van der Waals surface area contributed by atoms with E-state index >= 15 is 0 Å². The highest BCUT2D eigenvalue weighted by Gasteiger charge is 2.02. The van der Waals surface area contributed by atoms with E-state index < -0.39 is 0 Å². The van der Waals surface area contributed by atoms with Crippen molar-refractivity contribution >= 4 is 29.3 Å². The summed E-state index contributed by atoms with van der Waals surface area (Å²) in [5.41, 5.74) is 1.17. The molecule has 0 atom stereocenters. The Bertz CT molecular complexity index is 542. The van der Waals surface area contributed by atoms with Gasteiger partial charge in [-0.3, -0.25) is 4.79 Å². The van der Waals surface area contributed by atoms with Crippen LogP contribution in [-0.2, 0) is 11.2 Å². The fourth-order valence-corrected chi connectivity index (χ4v) is 2.59. The highest BCUT2D eigenvalue weighted by molar-refractivity contribution is 8.00. The van der Waals surface area contributed by atoms with Gasteiger partial charge >= 0.3 is 0 Å². The summed E-state index contributed by atoms with van der Waals surface area (Å²) in [5, 5.41) is 3.66. The number of nitrogens with one attached hydrogen (secondary N) is 1. The Balaban J connectivity index is 1.66. The van der Waals surface area contributed by atoms with Gasteiger partial charge < -0.3 is 5.32 Å². The molecule has 0 aliphatic heterocycles. The molecule has 2 aromatic rings. The van der Waals surface area contributed by atoms with Gasteiger partial charge in [0.1, 0.15) is 0 Å². The SMILES string of the molecule is O=C(CSc1ccccc1)NCCc1ccc(Cl)cc1. The lowest BCUT2D eigenvalue weighted by atomic mass is 10.1. The van der Waals surface area contributed by atoms with Crippen molar-refractivity contribution in [3.63, 3.8) is 0 Å². The summed E-state index contributed by atoms with van der Waals surface area (Å²) in [6, 6.07) is 17.6. The Labute approximate surface area is 128 Å². The van der Waals surface area contributed by atoms with Crippen molar-refractivity contribution in [2.45, 2.75) is 11.3 Å². The third-order valence-corrected chi connectivity index (χ3v) is 4.03. The first-order chi connectivity index (χ1) is 9.74. The van der Waals surface area contributed by atoms with Crippen molar-refractivity contribution in [2.75, 3.05) is 12.3 Å². The van der Waals surface area contributed by atoms with Crippen LogP contribution in [0.3, 0.4) is 0 Å². The lowest BCUT2D eigenvalue weighted by Crippen LogP contribution is -2.27. The summed E-state index contributed by atoms with van der Waals surface area (Å²) in [7, 11) is 0. The third kappa shape index (κ3) is 5.27. The van der Waals surface area contributed by atoms with Gasteiger partial charge in [0, 0.05) is 16.5 Å². The topological polar surface area (TPSA) is 29.1 Å². The molecule has 2 aromatic carbocycles. The second-order valence-electron chi connectivity index (χ2n) is 4.33. The molecule has 1 N–H and O–H groups in total. The van der Waals surface area contributed by atoms with Gasteiger partial charge in [0.05, 0.1) is 5.75 Å². The van der Waals surface area contributed by atoms with Crippen molar-refractivity contribution in [1.82, 2.24) is 5.32 Å². The number of hydrogen-bond acceptors (Lipinski definition) is 2. The number of carbonyl (C=O) groups excluding carboxylic acids is 1. The summed E-state index contributed by atoms with van der Waals surface area (Å²) in [6.07, 6.45) is 0.818. The molecule has 4 heteroatoms. The molecule has 0 bridgehead atoms. The first kappa shape index (κ1) is 14.9. The van der Waals surface area contributed by atoms with E-state index in [9.17, 15) is 4.79 Å². The van der Waals surface area contributed by atoms with Gasteiger partial charge in [0.15, 0.2) is 0 Å². The summed E-state index contributed by atoms with van der Waals surface area (Å²) >= 11 is 7.37. The number of rotatable bonds is 6. The average Bonchev–Trinajstić information content (AvgIpc) is 2.48. The van der Waals surface area contributed by atoms with Gasteiger partial charge in [-0.05, 0) is 36.2 Å². The lowest BCUT2D eigenvalue weighted by Gasteiger charge is -2.05. The fraction of sp³-hybridized carbons (Fsp3) is 0.188. The highest BCUT2D eigenvalue weighted by Crippen LogP contribution is 2.16. The Morgan fingerprint density at radius 1 is 1.05 bits per heavy atom. The summed E-state index contributed by atoms with van der Waals surface area (Å²) in [6.45, 7) is 0.649. The zero-order valence-corrected chi connectivity index (χ0v) is 12.6. The maximum Gasteiger partial charge on any atom is 0.230 e. The van der Waals surface area contributed by atoms with Gasteiger partial charge in [-0.15, -0.1) is 11.8 Å². The first-order valence-corrected chi connectivity index (χ1v) is 7.79. The number of carbonyl (C=O) groups is 1. The molecule has 0 fully saturated rings. The Morgan fingerprint density at radius 2 is 1.75 bits per heavy atom. The Kier molecular flexibility index (Phi) is 5.96. The van der Waals surface area contributed by atoms with Crippen LogP contribution in [0.25, 0.3) is 0 Å². The molecule has 0 aliphatic carbocycles. The molecule has 0 unspecified atom stereocenters. The van der Waals surface area contributed by atoms with Gasteiger partial charge in [-0.25, -0.2) is 0 Å². The molecule has 0 saturated carbocycles. The van der Waals surface area contributed by atoms with Crippen LogP contribution in [0.5, 0.6) is 0 Å². The lowest BCUT2D eigenvalue weighted by molar-refractivity contribution is -0.118. The molecule has 2 nitrogen and oxygen atoms in total. The second-order valence-corrected chi connectivity index (χ2v) is 5.81. The van der Waals surface area contributed by atoms with Crippen molar-refractivity contribution in [2.24, 2.45) is 0 Å². The van der Waals surface area contributed by atoms with E-state index in [0.29, 0.717) is 12.3 Å². The minimum Gasteiger partial charge on any atom is -0.355 e. The molecule has 104 valence electrons. The standard InChI is InChI=1S/C16H16ClNOS/c17-14-8-6-13(7-9-14)10-11-18-16(19)12-20-15-4-2-1-3-5-15/h1-9H,10-12H2,(H,18,19). The van der Waals surface area contributed by atoms with Crippen LogP contribution in [0.1, 0.15) is 5.56 Å². The fourth-order valence-electron chi connectivity index (χ4n) is 1.71. The maximum absolute atomic E-state index is 11.7. The van der Waals surface area contributed by atoms with Crippen LogP contribution < -0.4 is 5.32 Å². The van der Waals surface area contributed by atoms with Crippen LogP contribution in [0.2, 0.25) is 5.02 Å². The zero-order valence-electron chi connectivity index (χ0n) is 11.0. The van der Waals surface area contributed by atoms with Gasteiger partial charge in [0.25, 0.3) is 0 Å². The van der Waals surface area contributed by atoms with Gasteiger partial charge in [0.2, 0.25) is 5.91 Å². The molecule has 20 heavy (non-hydrogen) atoms. The van der Waals surface area contributed by atoms with Crippen LogP contribution in [0.15, 0.2) is 59.5 Å². The summed E-state index contributed by atoms with van der Waals surface area (Å²) in [5.74, 6) is 0.512. The van der Waals surface area contributed by atoms with Crippen molar-refractivity contribution in [1.29, 1.82) is 0 Å². The van der Waals surface area contributed by atoms with E-state index in [4.69, 9.17) is 11.6 Å². The number of amides is 1. The second kappa shape index (κ2) is 7.98. The van der Waals surface area contributed by atoms with E-state index in [1.807, 2.05) is 54.6 Å².